The lowest BCUT2D eigenvalue weighted by Crippen LogP contribution is -2.43. The quantitative estimate of drug-likeness (QED) is 0.608. The molecule has 1 aliphatic heterocycles. The Labute approximate surface area is 150 Å². The first-order valence-corrected chi connectivity index (χ1v) is 8.99. The van der Waals surface area contributed by atoms with Gasteiger partial charge in [0.2, 0.25) is 0 Å². The molecule has 2 radical (unpaired) electrons. The van der Waals surface area contributed by atoms with Crippen molar-refractivity contribution < 1.29 is 13.9 Å². The van der Waals surface area contributed by atoms with Gasteiger partial charge in [0, 0.05) is 18.0 Å². The Morgan fingerprint density at radius 3 is 2.80 bits per heavy atom. The molecule has 2 N–H and O–H groups in total. The number of likely N-dealkylation sites (tertiary alicyclic amines) is 1. The third-order valence-electron chi connectivity index (χ3n) is 6.00. The summed E-state index contributed by atoms with van der Waals surface area (Å²) in [5.74, 6) is 0.505. The minimum Gasteiger partial charge on any atom is -0.493 e. The van der Waals surface area contributed by atoms with Crippen LogP contribution in [0.15, 0.2) is 18.2 Å². The van der Waals surface area contributed by atoms with Crippen LogP contribution in [0, 0.1) is 11.7 Å². The zero-order valence-electron chi connectivity index (χ0n) is 14.8. The Morgan fingerprint density at radius 1 is 1.44 bits per heavy atom. The van der Waals surface area contributed by atoms with Crippen molar-refractivity contribution in [2.24, 2.45) is 11.7 Å². The van der Waals surface area contributed by atoms with E-state index < -0.39 is 5.82 Å². The average Bonchev–Trinajstić information content (AvgIpc) is 3.13. The molecule has 25 heavy (non-hydrogen) atoms. The molecule has 1 aromatic carbocycles. The first-order valence-electron chi connectivity index (χ1n) is 8.99. The zero-order chi connectivity index (χ0) is 18.1. The average molecular weight is 344 g/mol. The number of piperidine rings is 1. The van der Waals surface area contributed by atoms with Crippen molar-refractivity contribution in [3.05, 3.63) is 29.6 Å². The van der Waals surface area contributed by atoms with Crippen LogP contribution in [0.1, 0.15) is 31.2 Å². The van der Waals surface area contributed by atoms with Crippen LogP contribution in [0.3, 0.4) is 0 Å². The predicted octanol–water partition coefficient (Wildman–Crippen LogP) is 2.11. The normalized spacial score (nSPS) is 30.2. The smallest absolute Gasteiger partial charge is 0.130 e. The number of rotatable bonds is 7. The van der Waals surface area contributed by atoms with Crippen LogP contribution in [0.2, 0.25) is 5.31 Å². The molecule has 0 aromatic heterocycles. The van der Waals surface area contributed by atoms with Gasteiger partial charge in [-0.15, -0.1) is 0 Å². The SMILES string of the molecule is [B]C1(CCOc2ccc(CC=O)c(F)c2)CC1(N)C1CCN(C)CC1. The van der Waals surface area contributed by atoms with Crippen molar-refractivity contribution in [2.75, 3.05) is 26.7 Å². The van der Waals surface area contributed by atoms with Gasteiger partial charge in [0.05, 0.1) is 14.5 Å². The largest absolute Gasteiger partial charge is 0.493 e. The number of halogens is 1. The number of carbonyl (C=O) groups is 1. The number of nitrogens with zero attached hydrogens (tertiary/aromatic N) is 1. The Morgan fingerprint density at radius 2 is 2.16 bits per heavy atom. The van der Waals surface area contributed by atoms with E-state index in [-0.39, 0.29) is 17.3 Å². The van der Waals surface area contributed by atoms with E-state index >= 15 is 0 Å². The van der Waals surface area contributed by atoms with Gasteiger partial charge in [-0.05, 0) is 68.7 Å². The lowest BCUT2D eigenvalue weighted by Gasteiger charge is -2.35. The van der Waals surface area contributed by atoms with E-state index in [1.54, 1.807) is 12.1 Å². The molecule has 4 nitrogen and oxygen atoms in total. The summed E-state index contributed by atoms with van der Waals surface area (Å²) in [6, 6.07) is 4.59. The molecule has 134 valence electrons. The van der Waals surface area contributed by atoms with Gasteiger partial charge in [-0.1, -0.05) is 6.07 Å². The van der Waals surface area contributed by atoms with Crippen molar-refractivity contribution >= 4 is 14.1 Å². The minimum atomic E-state index is -0.419. The Kier molecular flexibility index (Phi) is 5.21. The number of benzene rings is 1. The van der Waals surface area contributed by atoms with Crippen molar-refractivity contribution in [1.29, 1.82) is 0 Å². The van der Waals surface area contributed by atoms with Gasteiger partial charge in [-0.2, -0.15) is 0 Å². The van der Waals surface area contributed by atoms with Crippen molar-refractivity contribution in [3.8, 4) is 5.75 Å². The molecule has 2 aliphatic rings. The van der Waals surface area contributed by atoms with Crippen LogP contribution < -0.4 is 10.5 Å². The number of aldehydes is 1. The fourth-order valence-corrected chi connectivity index (χ4v) is 4.10. The number of hydrogen-bond donors (Lipinski definition) is 1. The molecule has 0 spiro atoms. The fraction of sp³-hybridized carbons (Fsp3) is 0.632. The highest BCUT2D eigenvalue weighted by Gasteiger charge is 2.63. The van der Waals surface area contributed by atoms with Crippen molar-refractivity contribution in [1.82, 2.24) is 4.90 Å². The molecule has 0 bridgehead atoms. The van der Waals surface area contributed by atoms with E-state index in [4.69, 9.17) is 18.3 Å². The van der Waals surface area contributed by atoms with Crippen LogP contribution in [-0.4, -0.2) is 51.3 Å². The predicted molar refractivity (Wildman–Crippen MR) is 96.5 cm³/mol. The maximum absolute atomic E-state index is 13.8. The molecule has 1 saturated carbocycles. The summed E-state index contributed by atoms with van der Waals surface area (Å²) < 4.78 is 19.5. The molecular formula is C19H26BFN2O2. The van der Waals surface area contributed by atoms with E-state index in [0.29, 0.717) is 36.5 Å². The van der Waals surface area contributed by atoms with E-state index in [2.05, 4.69) is 11.9 Å². The third-order valence-corrected chi connectivity index (χ3v) is 6.00. The summed E-state index contributed by atoms with van der Waals surface area (Å²) in [5, 5.41) is -0.385. The van der Waals surface area contributed by atoms with Crippen LogP contribution in [0.25, 0.3) is 0 Å². The molecule has 2 unspecified atom stereocenters. The molecular weight excluding hydrogens is 318 g/mol. The van der Waals surface area contributed by atoms with Crippen LogP contribution in [-0.2, 0) is 11.2 Å². The molecule has 3 rings (SSSR count). The first-order chi connectivity index (χ1) is 11.9. The molecule has 1 heterocycles. The molecule has 1 aliphatic carbocycles. The molecule has 1 saturated heterocycles. The second-order valence-electron chi connectivity index (χ2n) is 7.67. The maximum Gasteiger partial charge on any atom is 0.130 e. The van der Waals surface area contributed by atoms with Gasteiger partial charge in [0.15, 0.2) is 0 Å². The van der Waals surface area contributed by atoms with Gasteiger partial charge in [-0.25, -0.2) is 4.39 Å². The summed E-state index contributed by atoms with van der Waals surface area (Å²) >= 11 is 0. The summed E-state index contributed by atoms with van der Waals surface area (Å²) in [5.41, 5.74) is 6.69. The van der Waals surface area contributed by atoms with Crippen molar-refractivity contribution in [3.63, 3.8) is 0 Å². The van der Waals surface area contributed by atoms with Gasteiger partial charge in [0.25, 0.3) is 0 Å². The summed E-state index contributed by atoms with van der Waals surface area (Å²) in [7, 11) is 8.65. The van der Waals surface area contributed by atoms with E-state index in [0.717, 1.165) is 32.4 Å². The second-order valence-corrected chi connectivity index (χ2v) is 7.67. The monoisotopic (exact) mass is 344 g/mol. The lowest BCUT2D eigenvalue weighted by molar-refractivity contribution is -0.107. The molecule has 6 heteroatoms. The number of hydrogen-bond acceptors (Lipinski definition) is 4. The minimum absolute atomic E-state index is 0.0737. The van der Waals surface area contributed by atoms with E-state index in [9.17, 15) is 9.18 Å². The van der Waals surface area contributed by atoms with Gasteiger partial charge in [0.1, 0.15) is 17.9 Å². The highest BCUT2D eigenvalue weighted by atomic mass is 19.1. The molecule has 2 fully saturated rings. The molecule has 2 atom stereocenters. The number of ether oxygens (including phenoxy) is 1. The van der Waals surface area contributed by atoms with Crippen LogP contribution >= 0.6 is 0 Å². The first kappa shape index (κ1) is 18.4. The highest BCUT2D eigenvalue weighted by Crippen LogP contribution is 2.66. The molecule has 1 aromatic rings. The van der Waals surface area contributed by atoms with Crippen LogP contribution in [0.5, 0.6) is 5.75 Å². The third kappa shape index (κ3) is 3.75. The van der Waals surface area contributed by atoms with Gasteiger partial charge in [-0.3, -0.25) is 0 Å². The summed E-state index contributed by atoms with van der Waals surface area (Å²) in [6.45, 7) is 2.56. The highest BCUT2D eigenvalue weighted by molar-refractivity contribution is 6.19. The maximum atomic E-state index is 13.8. The zero-order valence-corrected chi connectivity index (χ0v) is 14.8. The van der Waals surface area contributed by atoms with Gasteiger partial charge >= 0.3 is 0 Å². The Balaban J connectivity index is 1.51. The van der Waals surface area contributed by atoms with E-state index in [1.165, 1.54) is 6.07 Å². The number of nitrogens with two attached hydrogens (primary N) is 1. The number of carbonyl (C=O) groups excluding carboxylic acids is 1. The standard InChI is InChI=1S/C19H26BFN2O2/c1-23-8-4-15(5-9-23)19(22)13-18(19,20)7-11-25-16-3-2-14(6-10-24)17(21)12-16/h2-3,10,12,15H,4-9,11,13,22H2,1H3. The second kappa shape index (κ2) is 7.08. The Hall–Kier alpha value is -1.40. The lowest BCUT2D eigenvalue weighted by atomic mass is 9.71. The van der Waals surface area contributed by atoms with E-state index in [1.807, 2.05) is 0 Å². The molecule has 0 amide bonds. The van der Waals surface area contributed by atoms with Crippen molar-refractivity contribution in [2.45, 2.75) is 43.0 Å². The van der Waals surface area contributed by atoms with Gasteiger partial charge < -0.3 is 20.2 Å². The Bertz CT molecular complexity index is 636. The summed E-state index contributed by atoms with van der Waals surface area (Å²) in [4.78, 5) is 12.8. The topological polar surface area (TPSA) is 55.6 Å². The summed E-state index contributed by atoms with van der Waals surface area (Å²) in [6.07, 6.45) is 4.43. The fourth-order valence-electron chi connectivity index (χ4n) is 4.10. The van der Waals surface area contributed by atoms with Crippen LogP contribution in [0.4, 0.5) is 4.39 Å².